The number of carbonyl (C=O) groups is 1. The molecule has 1 aromatic heterocycles. The summed E-state index contributed by atoms with van der Waals surface area (Å²) in [5, 5.41) is 16.7. The minimum atomic E-state index is -0.175. The summed E-state index contributed by atoms with van der Waals surface area (Å²) in [4.78, 5) is 12.3. The summed E-state index contributed by atoms with van der Waals surface area (Å²) in [6, 6.07) is 7.26. The summed E-state index contributed by atoms with van der Waals surface area (Å²) >= 11 is 6.02. The van der Waals surface area contributed by atoms with E-state index in [2.05, 4.69) is 10.4 Å². The number of amides is 1. The first kappa shape index (κ1) is 16.5. The Morgan fingerprint density at radius 1 is 1.50 bits per heavy atom. The van der Waals surface area contributed by atoms with Gasteiger partial charge in [0.15, 0.2) is 0 Å². The first-order chi connectivity index (χ1) is 10.6. The zero-order chi connectivity index (χ0) is 16.1. The molecule has 1 unspecified atom stereocenters. The number of rotatable bonds is 6. The number of aromatic nitrogens is 2. The fourth-order valence-corrected chi connectivity index (χ4v) is 2.49. The monoisotopic (exact) mass is 321 g/mol. The molecule has 5 nitrogen and oxygen atoms in total. The minimum Gasteiger partial charge on any atom is -0.396 e. The molecule has 2 N–H and O–H groups in total. The van der Waals surface area contributed by atoms with Crippen LogP contribution in [0.3, 0.4) is 0 Å². The first-order valence-corrected chi connectivity index (χ1v) is 7.69. The minimum absolute atomic E-state index is 0.0455. The second kappa shape index (κ2) is 7.42. The van der Waals surface area contributed by atoms with Gasteiger partial charge in [-0.05, 0) is 38.0 Å². The number of hydrogen-bond donors (Lipinski definition) is 2. The number of aliphatic hydroxyl groups is 1. The molecule has 0 bridgehead atoms. The third-order valence-electron chi connectivity index (χ3n) is 3.44. The molecule has 6 heteroatoms. The molecular formula is C16H20ClN3O2. The fraction of sp³-hybridized carbons (Fsp3) is 0.375. The average Bonchev–Trinajstić information content (AvgIpc) is 2.91. The van der Waals surface area contributed by atoms with Crippen LogP contribution >= 0.6 is 11.6 Å². The van der Waals surface area contributed by atoms with Crippen molar-refractivity contribution in [3.63, 3.8) is 0 Å². The Morgan fingerprint density at radius 2 is 2.27 bits per heavy atom. The lowest BCUT2D eigenvalue weighted by molar-refractivity contribution is 0.0933. The molecule has 1 amide bonds. The second-order valence-corrected chi connectivity index (χ2v) is 5.57. The molecule has 0 radical (unpaired) electrons. The summed E-state index contributed by atoms with van der Waals surface area (Å²) in [5.41, 5.74) is 2.20. The maximum atomic E-state index is 12.3. The molecule has 0 aliphatic heterocycles. The SMILES string of the molecule is CCc1c(C(=O)NC(C)CCO)cnn1-c1cccc(Cl)c1. The van der Waals surface area contributed by atoms with Gasteiger partial charge in [-0.3, -0.25) is 4.79 Å². The summed E-state index contributed by atoms with van der Waals surface area (Å²) < 4.78 is 1.73. The summed E-state index contributed by atoms with van der Waals surface area (Å²) in [5.74, 6) is -0.175. The van der Waals surface area contributed by atoms with Crippen molar-refractivity contribution in [2.24, 2.45) is 0 Å². The predicted octanol–water partition coefficient (Wildman–Crippen LogP) is 2.59. The molecule has 1 heterocycles. The number of benzene rings is 1. The van der Waals surface area contributed by atoms with E-state index in [9.17, 15) is 4.79 Å². The highest BCUT2D eigenvalue weighted by atomic mass is 35.5. The third kappa shape index (κ3) is 3.67. The van der Waals surface area contributed by atoms with Crippen molar-refractivity contribution >= 4 is 17.5 Å². The van der Waals surface area contributed by atoms with E-state index in [1.54, 1.807) is 16.9 Å². The van der Waals surface area contributed by atoms with E-state index in [0.29, 0.717) is 23.4 Å². The number of aliphatic hydroxyl groups excluding tert-OH is 1. The summed E-state index contributed by atoms with van der Waals surface area (Å²) in [6.45, 7) is 3.89. The smallest absolute Gasteiger partial charge is 0.254 e. The zero-order valence-electron chi connectivity index (χ0n) is 12.7. The summed E-state index contributed by atoms with van der Waals surface area (Å²) in [6.07, 6.45) is 2.76. The molecule has 1 atom stereocenters. The van der Waals surface area contributed by atoms with Crippen molar-refractivity contribution < 1.29 is 9.90 Å². The Labute approximate surface area is 134 Å². The Balaban J connectivity index is 2.29. The predicted molar refractivity (Wildman–Crippen MR) is 86.6 cm³/mol. The van der Waals surface area contributed by atoms with Crippen LogP contribution in [0.15, 0.2) is 30.5 Å². The van der Waals surface area contributed by atoms with Crippen LogP contribution in [-0.2, 0) is 6.42 Å². The van der Waals surface area contributed by atoms with Gasteiger partial charge >= 0.3 is 0 Å². The number of nitrogens with one attached hydrogen (secondary N) is 1. The lowest BCUT2D eigenvalue weighted by atomic mass is 10.1. The molecule has 0 fully saturated rings. The molecular weight excluding hydrogens is 302 g/mol. The van der Waals surface area contributed by atoms with Crippen molar-refractivity contribution in [2.45, 2.75) is 32.7 Å². The topological polar surface area (TPSA) is 67.2 Å². The molecule has 0 saturated carbocycles. The van der Waals surface area contributed by atoms with Crippen LogP contribution in [0.4, 0.5) is 0 Å². The van der Waals surface area contributed by atoms with Gasteiger partial charge in [0.1, 0.15) is 0 Å². The number of nitrogens with zero attached hydrogens (tertiary/aromatic N) is 2. The highest BCUT2D eigenvalue weighted by Gasteiger charge is 2.18. The number of carbonyl (C=O) groups excluding carboxylic acids is 1. The summed E-state index contributed by atoms with van der Waals surface area (Å²) in [7, 11) is 0. The molecule has 1 aromatic carbocycles. The Kier molecular flexibility index (Phi) is 5.57. The van der Waals surface area contributed by atoms with E-state index in [4.69, 9.17) is 16.7 Å². The van der Waals surface area contributed by atoms with Crippen LogP contribution in [-0.4, -0.2) is 33.4 Å². The third-order valence-corrected chi connectivity index (χ3v) is 3.68. The van der Waals surface area contributed by atoms with Crippen LogP contribution in [0.1, 0.15) is 36.3 Å². The molecule has 0 aliphatic rings. The van der Waals surface area contributed by atoms with Crippen LogP contribution in [0.5, 0.6) is 0 Å². The van der Waals surface area contributed by atoms with Gasteiger partial charge in [0.25, 0.3) is 5.91 Å². The van der Waals surface area contributed by atoms with E-state index >= 15 is 0 Å². The highest BCUT2D eigenvalue weighted by molar-refractivity contribution is 6.30. The van der Waals surface area contributed by atoms with E-state index in [-0.39, 0.29) is 18.6 Å². The van der Waals surface area contributed by atoms with E-state index in [1.165, 1.54) is 0 Å². The Hall–Kier alpha value is -1.85. The van der Waals surface area contributed by atoms with Crippen molar-refractivity contribution in [3.05, 3.63) is 46.7 Å². The lowest BCUT2D eigenvalue weighted by Gasteiger charge is -2.13. The van der Waals surface area contributed by atoms with Gasteiger partial charge in [0.2, 0.25) is 0 Å². The van der Waals surface area contributed by atoms with E-state index in [1.807, 2.05) is 32.0 Å². The Morgan fingerprint density at radius 3 is 2.91 bits per heavy atom. The molecule has 2 rings (SSSR count). The fourth-order valence-electron chi connectivity index (χ4n) is 2.30. The van der Waals surface area contributed by atoms with Gasteiger partial charge in [-0.1, -0.05) is 24.6 Å². The van der Waals surface area contributed by atoms with Crippen molar-refractivity contribution in [2.75, 3.05) is 6.61 Å². The molecule has 0 spiro atoms. The quantitative estimate of drug-likeness (QED) is 0.859. The number of halogens is 1. The first-order valence-electron chi connectivity index (χ1n) is 7.31. The average molecular weight is 322 g/mol. The van der Waals surface area contributed by atoms with Crippen LogP contribution in [0, 0.1) is 0 Å². The van der Waals surface area contributed by atoms with Gasteiger partial charge < -0.3 is 10.4 Å². The van der Waals surface area contributed by atoms with Gasteiger partial charge in [-0.15, -0.1) is 0 Å². The largest absolute Gasteiger partial charge is 0.396 e. The van der Waals surface area contributed by atoms with Crippen molar-refractivity contribution in [1.82, 2.24) is 15.1 Å². The molecule has 2 aromatic rings. The molecule has 118 valence electrons. The van der Waals surface area contributed by atoms with Crippen LogP contribution < -0.4 is 5.32 Å². The van der Waals surface area contributed by atoms with E-state index in [0.717, 1.165) is 11.4 Å². The zero-order valence-corrected chi connectivity index (χ0v) is 13.5. The standard InChI is InChI=1S/C16H20ClN3O2/c1-3-15-14(16(22)19-11(2)7-8-21)10-18-20(15)13-6-4-5-12(17)9-13/h4-6,9-11,21H,3,7-8H2,1-2H3,(H,19,22). The number of hydrogen-bond acceptors (Lipinski definition) is 3. The maximum absolute atomic E-state index is 12.3. The van der Waals surface area contributed by atoms with Crippen LogP contribution in [0.25, 0.3) is 5.69 Å². The normalized spacial score (nSPS) is 12.2. The molecule has 0 saturated heterocycles. The van der Waals surface area contributed by atoms with Crippen LogP contribution in [0.2, 0.25) is 5.02 Å². The maximum Gasteiger partial charge on any atom is 0.254 e. The van der Waals surface area contributed by atoms with Crippen molar-refractivity contribution in [1.29, 1.82) is 0 Å². The van der Waals surface area contributed by atoms with Gasteiger partial charge in [0, 0.05) is 17.7 Å². The molecule has 22 heavy (non-hydrogen) atoms. The molecule has 0 aliphatic carbocycles. The van der Waals surface area contributed by atoms with Gasteiger partial charge in [0.05, 0.1) is 23.1 Å². The Bertz CT molecular complexity index is 655. The van der Waals surface area contributed by atoms with Gasteiger partial charge in [-0.25, -0.2) is 4.68 Å². The second-order valence-electron chi connectivity index (χ2n) is 5.14. The lowest BCUT2D eigenvalue weighted by Crippen LogP contribution is -2.33. The van der Waals surface area contributed by atoms with Gasteiger partial charge in [-0.2, -0.15) is 5.10 Å². The van der Waals surface area contributed by atoms with Crippen molar-refractivity contribution in [3.8, 4) is 5.69 Å². The van der Waals surface area contributed by atoms with E-state index < -0.39 is 0 Å². The highest BCUT2D eigenvalue weighted by Crippen LogP contribution is 2.19.